The van der Waals surface area contributed by atoms with Gasteiger partial charge < -0.3 is 10.1 Å². The second kappa shape index (κ2) is 8.09. The van der Waals surface area contributed by atoms with E-state index in [-0.39, 0.29) is 23.2 Å². The first-order chi connectivity index (χ1) is 13.8. The predicted octanol–water partition coefficient (Wildman–Crippen LogP) is 1.22. The molecular weight excluding hydrogens is 376 g/mol. The summed E-state index contributed by atoms with van der Waals surface area (Å²) in [6, 6.07) is 10.1. The van der Waals surface area contributed by atoms with Gasteiger partial charge in [0.25, 0.3) is 5.56 Å². The number of carbonyl (C=O) groups is 2. The molecule has 0 spiro atoms. The molecule has 0 aliphatic rings. The lowest BCUT2D eigenvalue weighted by molar-refractivity contribution is -0.116. The molecule has 1 N–H and O–H groups in total. The van der Waals surface area contributed by atoms with E-state index >= 15 is 0 Å². The van der Waals surface area contributed by atoms with Crippen LogP contribution in [-0.4, -0.2) is 32.6 Å². The van der Waals surface area contributed by atoms with Gasteiger partial charge in [0.1, 0.15) is 12.2 Å². The predicted molar refractivity (Wildman–Crippen MR) is 107 cm³/mol. The molecule has 9 nitrogen and oxygen atoms in total. The maximum Gasteiger partial charge on any atom is 0.339 e. The average Bonchev–Trinajstić information content (AvgIpc) is 2.69. The maximum absolute atomic E-state index is 13.1. The third kappa shape index (κ3) is 3.93. The number of benzene rings is 1. The number of para-hydroxylation sites is 1. The lowest BCUT2D eigenvalue weighted by atomic mass is 10.1. The zero-order chi connectivity index (χ0) is 21.1. The van der Waals surface area contributed by atoms with E-state index in [0.717, 1.165) is 9.13 Å². The zero-order valence-electron chi connectivity index (χ0n) is 16.3. The lowest BCUT2D eigenvalue weighted by Crippen LogP contribution is -2.42. The SMILES string of the molecule is CCOC(=O)c1cc(C)nc2c1c(=O)n(CC(=O)Nc1ccccc1)c(=O)n2C. The van der Waals surface area contributed by atoms with E-state index in [4.69, 9.17) is 4.74 Å². The smallest absolute Gasteiger partial charge is 0.339 e. The van der Waals surface area contributed by atoms with Crippen LogP contribution in [-0.2, 0) is 23.1 Å². The molecule has 0 saturated heterocycles. The summed E-state index contributed by atoms with van der Waals surface area (Å²) in [4.78, 5) is 54.7. The molecule has 0 aliphatic carbocycles. The number of aromatic nitrogens is 3. The highest BCUT2D eigenvalue weighted by atomic mass is 16.5. The first kappa shape index (κ1) is 20.0. The van der Waals surface area contributed by atoms with Crippen LogP contribution in [0.25, 0.3) is 11.0 Å². The third-order valence-electron chi connectivity index (χ3n) is 4.28. The zero-order valence-corrected chi connectivity index (χ0v) is 16.3. The van der Waals surface area contributed by atoms with Crippen LogP contribution in [0.5, 0.6) is 0 Å². The molecule has 3 rings (SSSR count). The summed E-state index contributed by atoms with van der Waals surface area (Å²) in [6.07, 6.45) is 0. The number of carbonyl (C=O) groups excluding carboxylic acids is 2. The average molecular weight is 396 g/mol. The number of hydrogen-bond donors (Lipinski definition) is 1. The molecule has 2 aromatic heterocycles. The van der Waals surface area contributed by atoms with E-state index < -0.39 is 29.7 Å². The van der Waals surface area contributed by atoms with Gasteiger partial charge in [-0.25, -0.2) is 14.6 Å². The van der Waals surface area contributed by atoms with Gasteiger partial charge in [-0.05, 0) is 32.0 Å². The summed E-state index contributed by atoms with van der Waals surface area (Å²) in [5, 5.41) is 2.56. The van der Waals surface area contributed by atoms with Crippen molar-refractivity contribution in [2.24, 2.45) is 7.05 Å². The quantitative estimate of drug-likeness (QED) is 0.649. The topological polar surface area (TPSA) is 112 Å². The molecular formula is C20H20N4O5. The van der Waals surface area contributed by atoms with E-state index in [1.165, 1.54) is 13.1 Å². The number of ether oxygens (including phenoxy) is 1. The number of nitrogens with zero attached hydrogens (tertiary/aromatic N) is 3. The molecule has 150 valence electrons. The van der Waals surface area contributed by atoms with Crippen LogP contribution >= 0.6 is 0 Å². The van der Waals surface area contributed by atoms with Gasteiger partial charge in [0.2, 0.25) is 5.91 Å². The van der Waals surface area contributed by atoms with Crippen molar-refractivity contribution in [3.63, 3.8) is 0 Å². The third-order valence-corrected chi connectivity index (χ3v) is 4.28. The fourth-order valence-corrected chi connectivity index (χ4v) is 2.98. The van der Waals surface area contributed by atoms with E-state index in [9.17, 15) is 19.2 Å². The summed E-state index contributed by atoms with van der Waals surface area (Å²) < 4.78 is 6.95. The minimum Gasteiger partial charge on any atom is -0.462 e. The Kier molecular flexibility index (Phi) is 5.58. The Hall–Kier alpha value is -3.75. The van der Waals surface area contributed by atoms with Gasteiger partial charge in [-0.1, -0.05) is 18.2 Å². The standard InChI is InChI=1S/C20H20N4O5/c1-4-29-19(27)14-10-12(2)21-17-16(14)18(26)24(20(28)23(17)3)11-15(25)22-13-8-6-5-7-9-13/h5-10H,4,11H2,1-3H3,(H,22,25). The summed E-state index contributed by atoms with van der Waals surface area (Å²) >= 11 is 0. The highest BCUT2D eigenvalue weighted by Gasteiger charge is 2.22. The van der Waals surface area contributed by atoms with Gasteiger partial charge in [-0.2, -0.15) is 0 Å². The lowest BCUT2D eigenvalue weighted by Gasteiger charge is -2.13. The van der Waals surface area contributed by atoms with Gasteiger partial charge in [-0.3, -0.25) is 18.7 Å². The Morgan fingerprint density at radius 1 is 1.17 bits per heavy atom. The Labute approximate surface area is 165 Å². The molecule has 3 aromatic rings. The van der Waals surface area contributed by atoms with Gasteiger partial charge in [0, 0.05) is 18.4 Å². The monoisotopic (exact) mass is 396 g/mol. The molecule has 2 heterocycles. The summed E-state index contributed by atoms with van der Waals surface area (Å²) in [5.74, 6) is -1.24. The minimum absolute atomic E-state index is 0.00664. The molecule has 0 unspecified atom stereocenters. The van der Waals surface area contributed by atoms with E-state index in [1.54, 1.807) is 44.2 Å². The number of esters is 1. The van der Waals surface area contributed by atoms with Gasteiger partial charge in [-0.15, -0.1) is 0 Å². The fraction of sp³-hybridized carbons (Fsp3) is 0.250. The van der Waals surface area contributed by atoms with Crippen LogP contribution < -0.4 is 16.6 Å². The molecule has 0 bridgehead atoms. The Bertz CT molecular complexity index is 1210. The van der Waals surface area contributed by atoms with Crippen molar-refractivity contribution in [2.75, 3.05) is 11.9 Å². The molecule has 0 aliphatic heterocycles. The largest absolute Gasteiger partial charge is 0.462 e. The van der Waals surface area contributed by atoms with Crippen molar-refractivity contribution < 1.29 is 14.3 Å². The van der Waals surface area contributed by atoms with Crippen LogP contribution in [0.15, 0.2) is 46.0 Å². The minimum atomic E-state index is -0.776. The van der Waals surface area contributed by atoms with Crippen molar-refractivity contribution >= 4 is 28.6 Å². The Morgan fingerprint density at radius 3 is 2.52 bits per heavy atom. The van der Waals surface area contributed by atoms with Gasteiger partial charge in [0.05, 0.1) is 17.6 Å². The molecule has 0 radical (unpaired) electrons. The van der Waals surface area contributed by atoms with Crippen molar-refractivity contribution in [2.45, 2.75) is 20.4 Å². The molecule has 29 heavy (non-hydrogen) atoms. The molecule has 0 saturated carbocycles. The van der Waals surface area contributed by atoms with Crippen LogP contribution in [0.1, 0.15) is 23.0 Å². The van der Waals surface area contributed by atoms with Gasteiger partial charge >= 0.3 is 11.7 Å². The van der Waals surface area contributed by atoms with Crippen molar-refractivity contribution in [3.8, 4) is 0 Å². The van der Waals surface area contributed by atoms with Crippen LogP contribution in [0.4, 0.5) is 5.69 Å². The Morgan fingerprint density at radius 2 is 1.86 bits per heavy atom. The van der Waals surface area contributed by atoms with E-state index in [2.05, 4.69) is 10.3 Å². The normalized spacial score (nSPS) is 10.7. The molecule has 0 fully saturated rings. The molecule has 1 amide bonds. The number of rotatable bonds is 5. The molecule has 9 heteroatoms. The number of fused-ring (bicyclic) bond motifs is 1. The first-order valence-electron chi connectivity index (χ1n) is 8.96. The number of amides is 1. The van der Waals surface area contributed by atoms with E-state index in [0.29, 0.717) is 11.4 Å². The van der Waals surface area contributed by atoms with Crippen molar-refractivity contribution in [3.05, 3.63) is 68.5 Å². The van der Waals surface area contributed by atoms with Gasteiger partial charge in [0.15, 0.2) is 0 Å². The second-order valence-corrected chi connectivity index (χ2v) is 6.38. The number of nitrogens with one attached hydrogen (secondary N) is 1. The first-order valence-corrected chi connectivity index (χ1v) is 8.96. The van der Waals surface area contributed by atoms with Crippen molar-refractivity contribution in [1.29, 1.82) is 0 Å². The Balaban J connectivity index is 2.13. The highest BCUT2D eigenvalue weighted by molar-refractivity contribution is 6.02. The maximum atomic E-state index is 13.1. The molecule has 0 atom stereocenters. The summed E-state index contributed by atoms with van der Waals surface area (Å²) in [7, 11) is 1.43. The van der Waals surface area contributed by atoms with Crippen LogP contribution in [0, 0.1) is 6.92 Å². The fourth-order valence-electron chi connectivity index (χ4n) is 2.98. The van der Waals surface area contributed by atoms with E-state index in [1.807, 2.05) is 0 Å². The van der Waals surface area contributed by atoms with Crippen LogP contribution in [0.3, 0.4) is 0 Å². The highest BCUT2D eigenvalue weighted by Crippen LogP contribution is 2.15. The second-order valence-electron chi connectivity index (χ2n) is 6.38. The number of aryl methyl sites for hydroxylation is 2. The molecule has 1 aromatic carbocycles. The number of hydrogen-bond acceptors (Lipinski definition) is 6. The number of anilines is 1. The number of pyridine rings is 1. The van der Waals surface area contributed by atoms with Crippen molar-refractivity contribution in [1.82, 2.24) is 14.1 Å². The van der Waals surface area contributed by atoms with Crippen LogP contribution in [0.2, 0.25) is 0 Å². The summed E-state index contributed by atoms with van der Waals surface area (Å²) in [5.41, 5.74) is -0.433. The summed E-state index contributed by atoms with van der Waals surface area (Å²) in [6.45, 7) is 2.91.